The number of halogens is 1. The summed E-state index contributed by atoms with van der Waals surface area (Å²) in [5.41, 5.74) is 2.74. The van der Waals surface area contributed by atoms with Gasteiger partial charge in [0.25, 0.3) is 0 Å². The van der Waals surface area contributed by atoms with E-state index in [4.69, 9.17) is 16.1 Å². The van der Waals surface area contributed by atoms with Crippen LogP contribution in [0.15, 0.2) is 9.90 Å². The average Bonchev–Trinajstić information content (AvgIpc) is 3.20. The summed E-state index contributed by atoms with van der Waals surface area (Å²) in [4.78, 5) is 21.3. The summed E-state index contributed by atoms with van der Waals surface area (Å²) < 4.78 is 4.93. The van der Waals surface area contributed by atoms with Crippen LogP contribution in [0.5, 0.6) is 0 Å². The van der Waals surface area contributed by atoms with Gasteiger partial charge in [-0.3, -0.25) is 9.69 Å². The maximum Gasteiger partial charge on any atom is 0.229 e. The quantitative estimate of drug-likeness (QED) is 0.768. The molecule has 0 saturated carbocycles. The maximum atomic E-state index is 12.4. The van der Waals surface area contributed by atoms with E-state index < -0.39 is 0 Å². The molecule has 0 aromatic carbocycles. The molecule has 3 rings (SSSR count). The lowest BCUT2D eigenvalue weighted by Gasteiger charge is -2.34. The van der Waals surface area contributed by atoms with Crippen molar-refractivity contribution in [2.75, 3.05) is 26.2 Å². The van der Waals surface area contributed by atoms with Crippen LogP contribution in [0.25, 0.3) is 0 Å². The third-order valence-corrected chi connectivity index (χ3v) is 5.88. The fraction of sp³-hybridized carbons (Fsp3) is 0.588. The Hall–Kier alpha value is -1.44. The van der Waals surface area contributed by atoms with E-state index in [-0.39, 0.29) is 5.91 Å². The van der Waals surface area contributed by atoms with Crippen LogP contribution in [0.1, 0.15) is 35.3 Å². The second-order valence-electron chi connectivity index (χ2n) is 6.26. The van der Waals surface area contributed by atoms with Gasteiger partial charge in [-0.05, 0) is 31.4 Å². The van der Waals surface area contributed by atoms with Crippen molar-refractivity contribution in [1.82, 2.24) is 19.9 Å². The molecule has 1 amide bonds. The number of carbonyl (C=O) groups is 1. The van der Waals surface area contributed by atoms with Gasteiger partial charge < -0.3 is 9.42 Å². The minimum Gasteiger partial charge on any atom is -0.344 e. The molecule has 25 heavy (non-hydrogen) atoms. The van der Waals surface area contributed by atoms with E-state index in [1.54, 1.807) is 11.3 Å². The van der Waals surface area contributed by atoms with Gasteiger partial charge in [0.1, 0.15) is 0 Å². The van der Waals surface area contributed by atoms with Gasteiger partial charge in [0.2, 0.25) is 11.1 Å². The summed E-state index contributed by atoms with van der Waals surface area (Å²) in [6, 6.07) is 0. The Labute approximate surface area is 156 Å². The van der Waals surface area contributed by atoms with Crippen molar-refractivity contribution in [3.05, 3.63) is 32.6 Å². The highest BCUT2D eigenvalue weighted by Gasteiger charge is 2.22. The van der Waals surface area contributed by atoms with E-state index in [2.05, 4.69) is 27.3 Å². The number of aromatic nitrogens is 2. The SMILES string of the molecule is CCc1nc(CN2CCN(C(=O)CCc3c(C)noc3Cl)CC2)cs1. The van der Waals surface area contributed by atoms with Crippen molar-refractivity contribution in [3.63, 3.8) is 0 Å². The van der Waals surface area contributed by atoms with Crippen LogP contribution >= 0.6 is 22.9 Å². The van der Waals surface area contributed by atoms with E-state index in [1.807, 2.05) is 11.8 Å². The van der Waals surface area contributed by atoms with Crippen LogP contribution in [0, 0.1) is 6.92 Å². The minimum absolute atomic E-state index is 0.165. The monoisotopic (exact) mass is 382 g/mol. The van der Waals surface area contributed by atoms with Crippen LogP contribution in [0.2, 0.25) is 5.22 Å². The Bertz CT molecular complexity index is 703. The molecular weight excluding hydrogens is 360 g/mol. The van der Waals surface area contributed by atoms with Gasteiger partial charge in [0.15, 0.2) is 0 Å². The fourth-order valence-electron chi connectivity index (χ4n) is 3.00. The van der Waals surface area contributed by atoms with Crippen molar-refractivity contribution in [1.29, 1.82) is 0 Å². The number of carbonyl (C=O) groups excluding carboxylic acids is 1. The van der Waals surface area contributed by atoms with E-state index in [9.17, 15) is 4.79 Å². The van der Waals surface area contributed by atoms with Crippen molar-refractivity contribution < 1.29 is 9.32 Å². The number of rotatable bonds is 6. The standard InChI is InChI=1S/C17H23ClN4O2S/c1-3-15-19-13(11-25-15)10-21-6-8-22(9-7-21)16(23)5-4-14-12(2)20-24-17(14)18/h11H,3-10H2,1-2H3. The van der Waals surface area contributed by atoms with Gasteiger partial charge in [0.05, 0.1) is 16.4 Å². The first kappa shape index (κ1) is 18.4. The Morgan fingerprint density at radius 2 is 2.12 bits per heavy atom. The van der Waals surface area contributed by atoms with Gasteiger partial charge in [-0.1, -0.05) is 12.1 Å². The number of hydrogen-bond donors (Lipinski definition) is 0. The number of thiazole rings is 1. The Morgan fingerprint density at radius 3 is 2.72 bits per heavy atom. The predicted octanol–water partition coefficient (Wildman–Crippen LogP) is 2.93. The van der Waals surface area contributed by atoms with Crippen LogP contribution in [0.3, 0.4) is 0 Å². The summed E-state index contributed by atoms with van der Waals surface area (Å²) in [5.74, 6) is 0.165. The molecule has 0 aliphatic carbocycles. The molecule has 2 aromatic heterocycles. The number of hydrogen-bond acceptors (Lipinski definition) is 6. The van der Waals surface area contributed by atoms with Gasteiger partial charge in [0, 0.05) is 50.1 Å². The molecule has 8 heteroatoms. The summed E-state index contributed by atoms with van der Waals surface area (Å²) in [7, 11) is 0. The number of amides is 1. The molecule has 136 valence electrons. The normalized spacial score (nSPS) is 15.7. The molecule has 0 N–H and O–H groups in total. The minimum atomic E-state index is 0.165. The van der Waals surface area contributed by atoms with Crippen molar-refractivity contribution in [2.24, 2.45) is 0 Å². The van der Waals surface area contributed by atoms with Crippen LogP contribution in [-0.4, -0.2) is 52.0 Å². The predicted molar refractivity (Wildman–Crippen MR) is 97.9 cm³/mol. The number of piperazine rings is 1. The highest BCUT2D eigenvalue weighted by Crippen LogP contribution is 2.21. The molecule has 0 atom stereocenters. The second kappa shape index (κ2) is 8.29. The average molecular weight is 383 g/mol. The third-order valence-electron chi connectivity index (χ3n) is 4.54. The first-order chi connectivity index (χ1) is 12.1. The molecule has 2 aromatic rings. The molecule has 0 bridgehead atoms. The lowest BCUT2D eigenvalue weighted by molar-refractivity contribution is -0.133. The zero-order valence-electron chi connectivity index (χ0n) is 14.6. The smallest absolute Gasteiger partial charge is 0.229 e. The van der Waals surface area contributed by atoms with Gasteiger partial charge in [-0.25, -0.2) is 4.98 Å². The van der Waals surface area contributed by atoms with Gasteiger partial charge in [-0.2, -0.15) is 0 Å². The second-order valence-corrected chi connectivity index (χ2v) is 7.55. The van der Waals surface area contributed by atoms with E-state index in [0.29, 0.717) is 18.1 Å². The third kappa shape index (κ3) is 4.59. The highest BCUT2D eigenvalue weighted by atomic mass is 35.5. The Morgan fingerprint density at radius 1 is 1.36 bits per heavy atom. The van der Waals surface area contributed by atoms with Gasteiger partial charge in [-0.15, -0.1) is 11.3 Å². The lowest BCUT2D eigenvalue weighted by atomic mass is 10.1. The largest absolute Gasteiger partial charge is 0.344 e. The zero-order chi connectivity index (χ0) is 17.8. The Kier molecular flexibility index (Phi) is 6.09. The molecule has 0 spiro atoms. The van der Waals surface area contributed by atoms with Crippen LogP contribution < -0.4 is 0 Å². The topological polar surface area (TPSA) is 62.5 Å². The number of nitrogens with zero attached hydrogens (tertiary/aromatic N) is 4. The Balaban J connectivity index is 1.44. The summed E-state index contributed by atoms with van der Waals surface area (Å²) in [6.07, 6.45) is 2.00. The summed E-state index contributed by atoms with van der Waals surface area (Å²) >= 11 is 7.68. The lowest BCUT2D eigenvalue weighted by Crippen LogP contribution is -2.48. The molecule has 0 radical (unpaired) electrons. The first-order valence-electron chi connectivity index (χ1n) is 8.61. The highest BCUT2D eigenvalue weighted by molar-refractivity contribution is 7.09. The van der Waals surface area contributed by atoms with Crippen molar-refractivity contribution in [2.45, 2.75) is 39.7 Å². The maximum absolute atomic E-state index is 12.4. The summed E-state index contributed by atoms with van der Waals surface area (Å²) in [5, 5.41) is 7.44. The van der Waals surface area contributed by atoms with Gasteiger partial charge >= 0.3 is 0 Å². The van der Waals surface area contributed by atoms with E-state index in [0.717, 1.165) is 56.1 Å². The molecule has 1 fully saturated rings. The molecule has 3 heterocycles. The van der Waals surface area contributed by atoms with Crippen LogP contribution in [-0.2, 0) is 24.2 Å². The molecule has 1 aliphatic heterocycles. The van der Waals surface area contributed by atoms with Crippen LogP contribution in [0.4, 0.5) is 0 Å². The molecule has 0 unspecified atom stereocenters. The zero-order valence-corrected chi connectivity index (χ0v) is 16.2. The molecule has 6 nitrogen and oxygen atoms in total. The van der Waals surface area contributed by atoms with E-state index >= 15 is 0 Å². The molecular formula is C17H23ClN4O2S. The summed E-state index contributed by atoms with van der Waals surface area (Å²) in [6.45, 7) is 8.14. The molecule has 1 saturated heterocycles. The number of aryl methyl sites for hydroxylation is 2. The van der Waals surface area contributed by atoms with E-state index in [1.165, 1.54) is 5.01 Å². The van der Waals surface area contributed by atoms with Crippen molar-refractivity contribution >= 4 is 28.8 Å². The fourth-order valence-corrected chi connectivity index (χ4v) is 4.00. The first-order valence-corrected chi connectivity index (χ1v) is 9.86. The molecule has 1 aliphatic rings. The van der Waals surface area contributed by atoms with Crippen molar-refractivity contribution in [3.8, 4) is 0 Å².